The number of rotatable bonds is 6. The summed E-state index contributed by atoms with van der Waals surface area (Å²) in [6, 6.07) is 20.0. The molecule has 1 aromatic heterocycles. The van der Waals surface area contributed by atoms with Crippen LogP contribution in [0, 0.1) is 0 Å². The highest BCUT2D eigenvalue weighted by molar-refractivity contribution is 6.04. The quantitative estimate of drug-likeness (QED) is 0.524. The third-order valence-electron chi connectivity index (χ3n) is 6.50. The molecule has 35 heavy (non-hydrogen) atoms. The van der Waals surface area contributed by atoms with Gasteiger partial charge in [0.1, 0.15) is 11.6 Å². The van der Waals surface area contributed by atoms with E-state index in [4.69, 9.17) is 4.74 Å². The Hall–Kier alpha value is -3.38. The van der Waals surface area contributed by atoms with Crippen LogP contribution in [0.15, 0.2) is 66.9 Å². The molecule has 0 bridgehead atoms. The molecule has 6 nitrogen and oxygen atoms in total. The molecule has 2 heterocycles. The van der Waals surface area contributed by atoms with Crippen molar-refractivity contribution in [3.05, 3.63) is 83.6 Å². The first-order chi connectivity index (χ1) is 16.8. The molecule has 4 rings (SSSR count). The first-order valence-electron chi connectivity index (χ1n) is 12.3. The predicted molar refractivity (Wildman–Crippen MR) is 142 cm³/mol. The fraction of sp³-hybridized carbons (Fsp3) is 0.379. The third kappa shape index (κ3) is 6.61. The van der Waals surface area contributed by atoms with Crippen LogP contribution in [0.5, 0.6) is 5.75 Å². The summed E-state index contributed by atoms with van der Waals surface area (Å²) in [4.78, 5) is 22.1. The highest BCUT2D eigenvalue weighted by Gasteiger charge is 2.17. The second kappa shape index (κ2) is 10.9. The smallest absolute Gasteiger partial charge is 0.255 e. The van der Waals surface area contributed by atoms with E-state index >= 15 is 0 Å². The van der Waals surface area contributed by atoms with Gasteiger partial charge in [0, 0.05) is 38.3 Å². The van der Waals surface area contributed by atoms with Crippen LogP contribution in [0.3, 0.4) is 0 Å². The summed E-state index contributed by atoms with van der Waals surface area (Å²) >= 11 is 0. The molecule has 0 spiro atoms. The fourth-order valence-electron chi connectivity index (χ4n) is 4.32. The van der Waals surface area contributed by atoms with Gasteiger partial charge in [0.05, 0.1) is 19.0 Å². The Morgan fingerprint density at radius 3 is 2.31 bits per heavy atom. The van der Waals surface area contributed by atoms with Gasteiger partial charge in [0.25, 0.3) is 5.91 Å². The number of hydrogen-bond acceptors (Lipinski definition) is 5. The summed E-state index contributed by atoms with van der Waals surface area (Å²) < 4.78 is 5.26. The lowest BCUT2D eigenvalue weighted by molar-refractivity contribution is 0.102. The molecule has 6 heteroatoms. The maximum Gasteiger partial charge on any atom is 0.255 e. The molecule has 0 saturated carbocycles. The molecule has 1 aliphatic rings. The molecule has 0 aliphatic carbocycles. The lowest BCUT2D eigenvalue weighted by Gasteiger charge is -2.23. The Kier molecular flexibility index (Phi) is 7.71. The number of ether oxygens (including phenoxy) is 1. The largest absolute Gasteiger partial charge is 0.497 e. The van der Waals surface area contributed by atoms with Crippen LogP contribution in [-0.2, 0) is 12.0 Å². The van der Waals surface area contributed by atoms with Crippen molar-refractivity contribution in [2.24, 2.45) is 0 Å². The summed E-state index contributed by atoms with van der Waals surface area (Å²) in [6.07, 6.45) is 2.83. The van der Waals surface area contributed by atoms with Gasteiger partial charge in [-0.2, -0.15) is 0 Å². The molecule has 0 radical (unpaired) electrons. The minimum Gasteiger partial charge on any atom is -0.497 e. The van der Waals surface area contributed by atoms with E-state index in [2.05, 4.69) is 53.0 Å². The van der Waals surface area contributed by atoms with E-state index in [9.17, 15) is 4.79 Å². The monoisotopic (exact) mass is 472 g/mol. The van der Waals surface area contributed by atoms with Gasteiger partial charge in [0.2, 0.25) is 0 Å². The number of pyridine rings is 1. The van der Waals surface area contributed by atoms with Crippen molar-refractivity contribution in [2.45, 2.75) is 39.2 Å². The van der Waals surface area contributed by atoms with Crippen LogP contribution >= 0.6 is 0 Å². The van der Waals surface area contributed by atoms with Crippen molar-refractivity contribution in [3.63, 3.8) is 0 Å². The second-order valence-electron chi connectivity index (χ2n) is 10.2. The molecule has 0 atom stereocenters. The van der Waals surface area contributed by atoms with Gasteiger partial charge in [-0.25, -0.2) is 4.98 Å². The van der Waals surface area contributed by atoms with Gasteiger partial charge in [-0.15, -0.1) is 0 Å². The normalized spacial score (nSPS) is 14.9. The standard InChI is InChI=1S/C29H36N4O2/c1-29(2,3)24-10-8-23(9-11-24)28(34)31-25-12-15-27(30-20-25)33-17-5-16-32(18-19-33)21-22-6-13-26(35-4)14-7-22/h6-15,20H,5,16-19,21H2,1-4H3,(H,31,34). The van der Waals surface area contributed by atoms with Gasteiger partial charge in [-0.1, -0.05) is 45.0 Å². The zero-order valence-electron chi connectivity index (χ0n) is 21.3. The maximum atomic E-state index is 12.7. The van der Waals surface area contributed by atoms with Crippen molar-refractivity contribution < 1.29 is 9.53 Å². The molecule has 3 aromatic rings. The molecular weight excluding hydrogens is 436 g/mol. The van der Waals surface area contributed by atoms with E-state index in [1.807, 2.05) is 48.5 Å². The van der Waals surface area contributed by atoms with Gasteiger partial charge in [-0.3, -0.25) is 9.69 Å². The van der Waals surface area contributed by atoms with E-state index < -0.39 is 0 Å². The Bertz CT molecular complexity index is 1100. The first-order valence-corrected chi connectivity index (χ1v) is 12.3. The number of amides is 1. The number of methoxy groups -OCH3 is 1. The predicted octanol–water partition coefficient (Wildman–Crippen LogP) is 5.35. The zero-order chi connectivity index (χ0) is 24.8. The van der Waals surface area contributed by atoms with E-state index in [0.717, 1.165) is 50.7 Å². The minimum absolute atomic E-state index is 0.0643. The summed E-state index contributed by atoms with van der Waals surface area (Å²) in [7, 11) is 1.69. The highest BCUT2D eigenvalue weighted by atomic mass is 16.5. The van der Waals surface area contributed by atoms with E-state index in [1.165, 1.54) is 11.1 Å². The lowest BCUT2D eigenvalue weighted by atomic mass is 9.87. The van der Waals surface area contributed by atoms with Crippen molar-refractivity contribution >= 4 is 17.4 Å². The molecule has 2 aromatic carbocycles. The second-order valence-corrected chi connectivity index (χ2v) is 10.2. The number of benzene rings is 2. The van der Waals surface area contributed by atoms with Gasteiger partial charge in [-0.05, 0) is 59.4 Å². The Morgan fingerprint density at radius 2 is 1.69 bits per heavy atom. The summed E-state index contributed by atoms with van der Waals surface area (Å²) in [6.45, 7) is 11.4. The third-order valence-corrected chi connectivity index (χ3v) is 6.50. The summed E-state index contributed by atoms with van der Waals surface area (Å²) in [5, 5.41) is 2.96. The average Bonchev–Trinajstić information content (AvgIpc) is 3.10. The van der Waals surface area contributed by atoms with E-state index in [1.54, 1.807) is 13.3 Å². The maximum absolute atomic E-state index is 12.7. The minimum atomic E-state index is -0.121. The fourth-order valence-corrected chi connectivity index (χ4v) is 4.32. The van der Waals surface area contributed by atoms with E-state index in [-0.39, 0.29) is 11.3 Å². The first kappa shape index (κ1) is 24.7. The van der Waals surface area contributed by atoms with Crippen LogP contribution in [-0.4, -0.2) is 49.1 Å². The van der Waals surface area contributed by atoms with Crippen LogP contribution in [0.2, 0.25) is 0 Å². The number of anilines is 2. The molecule has 184 valence electrons. The van der Waals surface area contributed by atoms with Gasteiger partial charge < -0.3 is 15.0 Å². The topological polar surface area (TPSA) is 57.7 Å². The number of carbonyl (C=O) groups excluding carboxylic acids is 1. The summed E-state index contributed by atoms with van der Waals surface area (Å²) in [5.41, 5.74) is 3.92. The van der Waals surface area contributed by atoms with Gasteiger partial charge in [0.15, 0.2) is 0 Å². The van der Waals surface area contributed by atoms with Crippen molar-refractivity contribution in [1.82, 2.24) is 9.88 Å². The number of carbonyl (C=O) groups is 1. The SMILES string of the molecule is COc1ccc(CN2CCCN(c3ccc(NC(=O)c4ccc(C(C)(C)C)cc4)cn3)CC2)cc1. The Balaban J connectivity index is 1.31. The number of nitrogens with zero attached hydrogens (tertiary/aromatic N) is 3. The van der Waals surface area contributed by atoms with Crippen molar-refractivity contribution in [3.8, 4) is 5.75 Å². The van der Waals surface area contributed by atoms with Crippen molar-refractivity contribution in [1.29, 1.82) is 0 Å². The van der Waals surface area contributed by atoms with E-state index in [0.29, 0.717) is 11.3 Å². The Morgan fingerprint density at radius 1 is 0.943 bits per heavy atom. The van der Waals surface area contributed by atoms with Crippen LogP contribution in [0.4, 0.5) is 11.5 Å². The summed E-state index contributed by atoms with van der Waals surface area (Å²) in [5.74, 6) is 1.72. The highest BCUT2D eigenvalue weighted by Crippen LogP contribution is 2.23. The molecule has 1 saturated heterocycles. The van der Waals surface area contributed by atoms with Crippen LogP contribution in [0.1, 0.15) is 48.7 Å². The molecule has 1 fully saturated rings. The molecule has 1 N–H and O–H groups in total. The lowest BCUT2D eigenvalue weighted by Crippen LogP contribution is -2.30. The van der Waals surface area contributed by atoms with Crippen LogP contribution in [0.25, 0.3) is 0 Å². The molecule has 1 aliphatic heterocycles. The van der Waals surface area contributed by atoms with Gasteiger partial charge >= 0.3 is 0 Å². The molecule has 1 amide bonds. The Labute approximate surface area is 208 Å². The van der Waals surface area contributed by atoms with Crippen LogP contribution < -0.4 is 15.0 Å². The number of nitrogens with one attached hydrogen (secondary N) is 1. The number of aromatic nitrogens is 1. The number of hydrogen-bond donors (Lipinski definition) is 1. The molecule has 0 unspecified atom stereocenters. The average molecular weight is 473 g/mol. The molecular formula is C29H36N4O2. The zero-order valence-corrected chi connectivity index (χ0v) is 21.3. The van der Waals surface area contributed by atoms with Crippen molar-refractivity contribution in [2.75, 3.05) is 43.5 Å².